The summed E-state index contributed by atoms with van der Waals surface area (Å²) in [6, 6.07) is 5.35. The molecule has 1 aromatic carbocycles. The van der Waals surface area contributed by atoms with E-state index in [0.717, 1.165) is 37.2 Å². The van der Waals surface area contributed by atoms with E-state index in [-0.39, 0.29) is 5.82 Å². The molecule has 0 heterocycles. The number of nitrogens with one attached hydrogen (secondary N) is 1. The molecule has 1 aromatic rings. The molecule has 0 radical (unpaired) electrons. The van der Waals surface area contributed by atoms with E-state index in [1.165, 1.54) is 0 Å². The molecule has 0 aliphatic carbocycles. The summed E-state index contributed by atoms with van der Waals surface area (Å²) in [6.07, 6.45) is 1.10. The molecule has 4 heteroatoms. The van der Waals surface area contributed by atoms with Crippen molar-refractivity contribution in [3.63, 3.8) is 0 Å². The largest absolute Gasteiger partial charge is 0.383 e. The van der Waals surface area contributed by atoms with E-state index in [9.17, 15) is 4.39 Å². The van der Waals surface area contributed by atoms with Crippen molar-refractivity contribution in [3.8, 4) is 0 Å². The zero-order valence-electron chi connectivity index (χ0n) is 12.2. The van der Waals surface area contributed by atoms with Gasteiger partial charge in [-0.25, -0.2) is 4.39 Å². The minimum atomic E-state index is -0.136. The molecule has 0 spiro atoms. The molecule has 0 saturated carbocycles. The summed E-state index contributed by atoms with van der Waals surface area (Å²) in [4.78, 5) is 2.06. The molecule has 0 fully saturated rings. The standard InChI is InChI=1S/C15H25FN2O/c1-4-7-17-11-13-5-6-15(16)14(10-13)12-18(2)8-9-19-3/h5-6,10,17H,4,7-9,11-12H2,1-3H3. The number of rotatable bonds is 9. The van der Waals surface area contributed by atoms with Gasteiger partial charge in [-0.15, -0.1) is 0 Å². The second-order valence-electron chi connectivity index (χ2n) is 4.83. The van der Waals surface area contributed by atoms with Crippen LogP contribution in [-0.2, 0) is 17.8 Å². The van der Waals surface area contributed by atoms with Crippen molar-refractivity contribution in [2.75, 3.05) is 33.9 Å². The van der Waals surface area contributed by atoms with Gasteiger partial charge in [-0.2, -0.15) is 0 Å². The van der Waals surface area contributed by atoms with Crippen LogP contribution >= 0.6 is 0 Å². The fourth-order valence-electron chi connectivity index (χ4n) is 1.89. The van der Waals surface area contributed by atoms with Gasteiger partial charge in [0.05, 0.1) is 6.61 Å². The fourth-order valence-corrected chi connectivity index (χ4v) is 1.89. The molecule has 0 unspecified atom stereocenters. The smallest absolute Gasteiger partial charge is 0.127 e. The highest BCUT2D eigenvalue weighted by Gasteiger charge is 2.07. The van der Waals surface area contributed by atoms with Gasteiger partial charge in [0.25, 0.3) is 0 Å². The third kappa shape index (κ3) is 6.14. The van der Waals surface area contributed by atoms with E-state index in [2.05, 4.69) is 17.1 Å². The van der Waals surface area contributed by atoms with Crippen LogP contribution in [0.3, 0.4) is 0 Å². The number of hydrogen-bond donors (Lipinski definition) is 1. The van der Waals surface area contributed by atoms with Crippen molar-refractivity contribution in [3.05, 3.63) is 35.1 Å². The number of nitrogens with zero attached hydrogens (tertiary/aromatic N) is 1. The van der Waals surface area contributed by atoms with Gasteiger partial charge in [0.1, 0.15) is 5.82 Å². The average Bonchev–Trinajstić information content (AvgIpc) is 2.40. The number of benzene rings is 1. The quantitative estimate of drug-likeness (QED) is 0.696. The fraction of sp³-hybridized carbons (Fsp3) is 0.600. The highest BCUT2D eigenvalue weighted by Crippen LogP contribution is 2.12. The van der Waals surface area contributed by atoms with Crippen LogP contribution in [0.1, 0.15) is 24.5 Å². The Morgan fingerprint density at radius 2 is 2.16 bits per heavy atom. The molecule has 19 heavy (non-hydrogen) atoms. The monoisotopic (exact) mass is 268 g/mol. The normalized spacial score (nSPS) is 11.2. The molecule has 108 valence electrons. The van der Waals surface area contributed by atoms with Crippen molar-refractivity contribution in [1.29, 1.82) is 0 Å². The first-order chi connectivity index (χ1) is 9.17. The van der Waals surface area contributed by atoms with Crippen molar-refractivity contribution in [2.24, 2.45) is 0 Å². The van der Waals surface area contributed by atoms with E-state index in [1.54, 1.807) is 13.2 Å². The van der Waals surface area contributed by atoms with Gasteiger partial charge in [-0.05, 0) is 31.6 Å². The summed E-state index contributed by atoms with van der Waals surface area (Å²) in [6.45, 7) is 5.98. The predicted octanol–water partition coefficient (Wildman–Crippen LogP) is 2.40. The predicted molar refractivity (Wildman–Crippen MR) is 76.6 cm³/mol. The summed E-state index contributed by atoms with van der Waals surface area (Å²) < 4.78 is 18.8. The third-order valence-electron chi connectivity index (χ3n) is 2.98. The lowest BCUT2D eigenvalue weighted by Gasteiger charge is -2.17. The molecule has 0 aliphatic rings. The Balaban J connectivity index is 2.58. The summed E-state index contributed by atoms with van der Waals surface area (Å²) >= 11 is 0. The highest BCUT2D eigenvalue weighted by molar-refractivity contribution is 5.25. The number of hydrogen-bond acceptors (Lipinski definition) is 3. The van der Waals surface area contributed by atoms with Crippen LogP contribution in [0.2, 0.25) is 0 Å². The lowest BCUT2D eigenvalue weighted by atomic mass is 10.1. The summed E-state index contributed by atoms with van der Waals surface area (Å²) in [5.41, 5.74) is 1.87. The second kappa shape index (κ2) is 9.02. The van der Waals surface area contributed by atoms with Crippen LogP contribution in [0.5, 0.6) is 0 Å². The number of methoxy groups -OCH3 is 1. The molecular formula is C15H25FN2O. The van der Waals surface area contributed by atoms with Gasteiger partial charge in [-0.1, -0.05) is 19.1 Å². The van der Waals surface area contributed by atoms with E-state index >= 15 is 0 Å². The van der Waals surface area contributed by atoms with Crippen LogP contribution in [0.15, 0.2) is 18.2 Å². The van der Waals surface area contributed by atoms with Crippen molar-refractivity contribution < 1.29 is 9.13 Å². The summed E-state index contributed by atoms with van der Waals surface area (Å²) in [5.74, 6) is -0.136. The Bertz CT molecular complexity index is 371. The van der Waals surface area contributed by atoms with Crippen molar-refractivity contribution >= 4 is 0 Å². The molecule has 0 bridgehead atoms. The molecule has 1 N–H and O–H groups in total. The molecule has 0 amide bonds. The zero-order valence-corrected chi connectivity index (χ0v) is 12.2. The van der Waals surface area contributed by atoms with Gasteiger partial charge >= 0.3 is 0 Å². The molecule has 1 rings (SSSR count). The van der Waals surface area contributed by atoms with E-state index in [0.29, 0.717) is 13.2 Å². The maximum absolute atomic E-state index is 13.8. The molecule has 0 atom stereocenters. The lowest BCUT2D eigenvalue weighted by molar-refractivity contribution is 0.158. The molecule has 0 saturated heterocycles. The maximum atomic E-state index is 13.8. The van der Waals surface area contributed by atoms with Crippen LogP contribution < -0.4 is 5.32 Å². The Morgan fingerprint density at radius 3 is 2.84 bits per heavy atom. The van der Waals surface area contributed by atoms with E-state index in [4.69, 9.17) is 4.74 Å². The van der Waals surface area contributed by atoms with Gasteiger partial charge in [0, 0.05) is 32.3 Å². The number of ether oxygens (including phenoxy) is 1. The van der Waals surface area contributed by atoms with Gasteiger partial charge in [-0.3, -0.25) is 4.90 Å². The van der Waals surface area contributed by atoms with Crippen molar-refractivity contribution in [1.82, 2.24) is 10.2 Å². The number of halogens is 1. The SMILES string of the molecule is CCCNCc1ccc(F)c(CN(C)CCOC)c1. The Hall–Kier alpha value is -0.970. The van der Waals surface area contributed by atoms with Crippen LogP contribution in [0.25, 0.3) is 0 Å². The van der Waals surface area contributed by atoms with Gasteiger partial charge in [0.15, 0.2) is 0 Å². The number of likely N-dealkylation sites (N-methyl/N-ethyl adjacent to an activating group) is 1. The van der Waals surface area contributed by atoms with Crippen molar-refractivity contribution in [2.45, 2.75) is 26.4 Å². The molecule has 0 aromatic heterocycles. The topological polar surface area (TPSA) is 24.5 Å². The zero-order chi connectivity index (χ0) is 14.1. The summed E-state index contributed by atoms with van der Waals surface area (Å²) in [7, 11) is 3.65. The minimum Gasteiger partial charge on any atom is -0.383 e. The third-order valence-corrected chi connectivity index (χ3v) is 2.98. The lowest BCUT2D eigenvalue weighted by Crippen LogP contribution is -2.23. The Morgan fingerprint density at radius 1 is 1.37 bits per heavy atom. The van der Waals surface area contributed by atoms with Crippen LogP contribution in [0.4, 0.5) is 4.39 Å². The maximum Gasteiger partial charge on any atom is 0.127 e. The van der Waals surface area contributed by atoms with E-state index < -0.39 is 0 Å². The Labute approximate surface area is 115 Å². The highest BCUT2D eigenvalue weighted by atomic mass is 19.1. The summed E-state index contributed by atoms with van der Waals surface area (Å²) in [5, 5.41) is 3.33. The minimum absolute atomic E-state index is 0.136. The average molecular weight is 268 g/mol. The van der Waals surface area contributed by atoms with Gasteiger partial charge in [0.2, 0.25) is 0 Å². The first-order valence-corrected chi connectivity index (χ1v) is 6.82. The molecule has 0 aliphatic heterocycles. The second-order valence-corrected chi connectivity index (χ2v) is 4.83. The van der Waals surface area contributed by atoms with Crippen LogP contribution in [0, 0.1) is 5.82 Å². The van der Waals surface area contributed by atoms with E-state index in [1.807, 2.05) is 19.2 Å². The first-order valence-electron chi connectivity index (χ1n) is 6.82. The van der Waals surface area contributed by atoms with Gasteiger partial charge < -0.3 is 10.1 Å². The van der Waals surface area contributed by atoms with Crippen LogP contribution in [-0.4, -0.2) is 38.8 Å². The Kier molecular flexibility index (Phi) is 7.63. The molecular weight excluding hydrogens is 243 g/mol. The first kappa shape index (κ1) is 16.1. The molecule has 3 nitrogen and oxygen atoms in total.